The fourth-order valence-electron chi connectivity index (χ4n) is 3.10. The Morgan fingerprint density at radius 3 is 2.23 bits per heavy atom. The summed E-state index contributed by atoms with van der Waals surface area (Å²) in [7, 11) is 1.78. The number of aliphatic hydroxyl groups excluding tert-OH is 1. The first-order valence-corrected chi connectivity index (χ1v) is 5.50. The van der Waals surface area contributed by atoms with Gasteiger partial charge in [0.15, 0.2) is 0 Å². The van der Waals surface area contributed by atoms with E-state index >= 15 is 0 Å². The van der Waals surface area contributed by atoms with Crippen molar-refractivity contribution in [2.75, 3.05) is 7.11 Å². The molecule has 0 amide bonds. The third-order valence-corrected chi connectivity index (χ3v) is 4.06. The van der Waals surface area contributed by atoms with E-state index in [0.29, 0.717) is 6.10 Å². The van der Waals surface area contributed by atoms with Crippen molar-refractivity contribution < 1.29 is 9.84 Å². The average molecular weight is 184 g/mol. The molecule has 1 spiro atoms. The van der Waals surface area contributed by atoms with Gasteiger partial charge in [0.2, 0.25) is 0 Å². The topological polar surface area (TPSA) is 29.5 Å². The predicted octanol–water partition coefficient (Wildman–Crippen LogP) is 2.11. The zero-order valence-electron chi connectivity index (χ0n) is 8.46. The van der Waals surface area contributed by atoms with Crippen molar-refractivity contribution in [3.63, 3.8) is 0 Å². The molecular formula is C11H20O2. The molecule has 0 heterocycles. The van der Waals surface area contributed by atoms with Crippen LogP contribution in [0.15, 0.2) is 0 Å². The van der Waals surface area contributed by atoms with Crippen LogP contribution < -0.4 is 0 Å². The van der Waals surface area contributed by atoms with E-state index < -0.39 is 0 Å². The van der Waals surface area contributed by atoms with E-state index in [9.17, 15) is 5.11 Å². The highest BCUT2D eigenvalue weighted by atomic mass is 16.5. The molecule has 2 aliphatic carbocycles. The summed E-state index contributed by atoms with van der Waals surface area (Å²) in [6, 6.07) is 0. The summed E-state index contributed by atoms with van der Waals surface area (Å²) in [6.45, 7) is 0. The van der Waals surface area contributed by atoms with E-state index in [0.717, 1.165) is 6.42 Å². The minimum absolute atomic E-state index is 0.0875. The lowest BCUT2D eigenvalue weighted by Gasteiger charge is -2.52. The first-order valence-electron chi connectivity index (χ1n) is 5.50. The van der Waals surface area contributed by atoms with Crippen molar-refractivity contribution >= 4 is 0 Å². The van der Waals surface area contributed by atoms with Gasteiger partial charge >= 0.3 is 0 Å². The highest BCUT2D eigenvalue weighted by Gasteiger charge is 2.54. The van der Waals surface area contributed by atoms with Crippen molar-refractivity contribution in [3.05, 3.63) is 0 Å². The molecule has 0 aromatic rings. The molecule has 2 heteroatoms. The highest BCUT2D eigenvalue weighted by molar-refractivity contribution is 5.04. The van der Waals surface area contributed by atoms with Gasteiger partial charge in [0.05, 0.1) is 12.2 Å². The number of methoxy groups -OCH3 is 1. The molecule has 13 heavy (non-hydrogen) atoms. The molecule has 2 fully saturated rings. The Bertz CT molecular complexity index is 171. The fourth-order valence-corrected chi connectivity index (χ4v) is 3.10. The predicted molar refractivity (Wildman–Crippen MR) is 51.6 cm³/mol. The smallest absolute Gasteiger partial charge is 0.0677 e. The lowest BCUT2D eigenvalue weighted by molar-refractivity contribution is -0.187. The van der Waals surface area contributed by atoms with Crippen molar-refractivity contribution in [2.24, 2.45) is 5.41 Å². The van der Waals surface area contributed by atoms with Crippen LogP contribution in [0.3, 0.4) is 0 Å². The fraction of sp³-hybridized carbons (Fsp3) is 1.00. The van der Waals surface area contributed by atoms with E-state index in [1.54, 1.807) is 7.11 Å². The quantitative estimate of drug-likeness (QED) is 0.676. The van der Waals surface area contributed by atoms with E-state index in [4.69, 9.17) is 4.74 Å². The second-order valence-corrected chi connectivity index (χ2v) is 4.62. The van der Waals surface area contributed by atoms with E-state index in [1.165, 1.54) is 38.5 Å². The van der Waals surface area contributed by atoms with E-state index in [-0.39, 0.29) is 11.5 Å². The van der Waals surface area contributed by atoms with E-state index in [1.807, 2.05) is 0 Å². The second-order valence-electron chi connectivity index (χ2n) is 4.62. The van der Waals surface area contributed by atoms with Gasteiger partial charge in [-0.3, -0.25) is 0 Å². The number of hydrogen-bond acceptors (Lipinski definition) is 2. The molecule has 76 valence electrons. The third-order valence-electron chi connectivity index (χ3n) is 4.06. The lowest BCUT2D eigenvalue weighted by atomic mass is 9.59. The molecule has 2 atom stereocenters. The third kappa shape index (κ3) is 1.40. The van der Waals surface area contributed by atoms with Crippen LogP contribution in [0.2, 0.25) is 0 Å². The Hall–Kier alpha value is -0.0800. The van der Waals surface area contributed by atoms with Crippen LogP contribution in [0.4, 0.5) is 0 Å². The average Bonchev–Trinajstić information content (AvgIpc) is 2.40. The minimum atomic E-state index is -0.0875. The van der Waals surface area contributed by atoms with Gasteiger partial charge < -0.3 is 9.84 Å². The largest absolute Gasteiger partial charge is 0.392 e. The Morgan fingerprint density at radius 1 is 1.15 bits per heavy atom. The van der Waals surface area contributed by atoms with Crippen molar-refractivity contribution in [3.8, 4) is 0 Å². The number of rotatable bonds is 1. The zero-order chi connectivity index (χ0) is 9.31. The molecular weight excluding hydrogens is 164 g/mol. The van der Waals surface area contributed by atoms with Crippen molar-refractivity contribution in [2.45, 2.75) is 57.2 Å². The van der Waals surface area contributed by atoms with Crippen LogP contribution in [-0.2, 0) is 4.74 Å². The van der Waals surface area contributed by atoms with Gasteiger partial charge in [-0.1, -0.05) is 25.7 Å². The molecule has 0 saturated heterocycles. The summed E-state index contributed by atoms with van der Waals surface area (Å²) in [5.74, 6) is 0. The molecule has 2 rings (SSSR count). The molecule has 0 aromatic heterocycles. The second kappa shape index (κ2) is 3.58. The van der Waals surface area contributed by atoms with Gasteiger partial charge in [0, 0.05) is 18.9 Å². The van der Waals surface area contributed by atoms with Crippen LogP contribution in [0.25, 0.3) is 0 Å². The van der Waals surface area contributed by atoms with Crippen molar-refractivity contribution in [1.29, 1.82) is 0 Å². The summed E-state index contributed by atoms with van der Waals surface area (Å²) >= 11 is 0. The van der Waals surface area contributed by atoms with Crippen LogP contribution >= 0.6 is 0 Å². The van der Waals surface area contributed by atoms with Crippen molar-refractivity contribution in [1.82, 2.24) is 0 Å². The summed E-state index contributed by atoms with van der Waals surface area (Å²) in [4.78, 5) is 0. The standard InChI is InChI=1S/C11H20O2/c1-13-10-8-9(12)11(10)6-4-2-3-5-7-11/h9-10,12H,2-8H2,1H3. The summed E-state index contributed by atoms with van der Waals surface area (Å²) in [6.07, 6.45) is 8.68. The number of aliphatic hydroxyl groups is 1. The van der Waals surface area contributed by atoms with Crippen LogP contribution in [0.1, 0.15) is 44.9 Å². The Labute approximate surface area is 80.3 Å². The molecule has 0 radical (unpaired) electrons. The lowest BCUT2D eigenvalue weighted by Crippen LogP contribution is -2.57. The molecule has 0 aliphatic heterocycles. The molecule has 2 unspecified atom stereocenters. The number of hydrogen-bond donors (Lipinski definition) is 1. The van der Waals surface area contributed by atoms with Gasteiger partial charge in [0.1, 0.15) is 0 Å². The van der Waals surface area contributed by atoms with Crippen LogP contribution in [-0.4, -0.2) is 24.4 Å². The highest BCUT2D eigenvalue weighted by Crippen LogP contribution is 2.52. The summed E-state index contributed by atoms with van der Waals surface area (Å²) in [5.41, 5.74) is 0.144. The Balaban J connectivity index is 2.06. The van der Waals surface area contributed by atoms with Gasteiger partial charge in [0.25, 0.3) is 0 Å². The Morgan fingerprint density at radius 2 is 1.77 bits per heavy atom. The first-order chi connectivity index (χ1) is 6.29. The summed E-state index contributed by atoms with van der Waals surface area (Å²) in [5, 5.41) is 9.87. The van der Waals surface area contributed by atoms with Gasteiger partial charge in [-0.2, -0.15) is 0 Å². The molecule has 2 nitrogen and oxygen atoms in total. The zero-order valence-corrected chi connectivity index (χ0v) is 8.46. The minimum Gasteiger partial charge on any atom is -0.392 e. The van der Waals surface area contributed by atoms with Gasteiger partial charge in [-0.05, 0) is 12.8 Å². The van der Waals surface area contributed by atoms with Gasteiger partial charge in [-0.15, -0.1) is 0 Å². The molecule has 2 aliphatic rings. The van der Waals surface area contributed by atoms with Gasteiger partial charge in [-0.25, -0.2) is 0 Å². The Kier molecular flexibility index (Phi) is 2.61. The van der Waals surface area contributed by atoms with E-state index in [2.05, 4.69) is 0 Å². The molecule has 1 N–H and O–H groups in total. The summed E-state index contributed by atoms with van der Waals surface area (Å²) < 4.78 is 5.45. The molecule has 2 saturated carbocycles. The normalized spacial score (nSPS) is 38.3. The monoisotopic (exact) mass is 184 g/mol. The SMILES string of the molecule is COC1CC(O)C12CCCCCC2. The van der Waals surface area contributed by atoms with Crippen LogP contribution in [0.5, 0.6) is 0 Å². The maximum Gasteiger partial charge on any atom is 0.0677 e. The number of ether oxygens (including phenoxy) is 1. The molecule has 0 bridgehead atoms. The molecule has 0 aromatic carbocycles. The maximum atomic E-state index is 9.87. The van der Waals surface area contributed by atoms with Crippen LogP contribution in [0, 0.1) is 5.41 Å². The first kappa shape index (κ1) is 9.47. The maximum absolute atomic E-state index is 9.87.